The van der Waals surface area contributed by atoms with Gasteiger partial charge in [-0.1, -0.05) is 26.7 Å². The van der Waals surface area contributed by atoms with Crippen LogP contribution < -0.4 is 5.32 Å². The molecule has 1 aliphatic rings. The Bertz CT molecular complexity index is 363. The Morgan fingerprint density at radius 1 is 1.33 bits per heavy atom. The van der Waals surface area contributed by atoms with Crippen LogP contribution in [0.3, 0.4) is 0 Å². The molecule has 1 saturated carbocycles. The largest absolute Gasteiger partial charge is 0.309 e. The Hall–Kier alpha value is -0.340. The Morgan fingerprint density at radius 2 is 2.06 bits per heavy atom. The highest BCUT2D eigenvalue weighted by Crippen LogP contribution is 2.51. The van der Waals surface area contributed by atoms with Gasteiger partial charge < -0.3 is 5.32 Å². The molecule has 1 aromatic rings. The fraction of sp³-hybridized carbons (Fsp3) is 0.750. The highest BCUT2D eigenvalue weighted by Gasteiger charge is 2.41. The zero-order chi connectivity index (χ0) is 13.0. The summed E-state index contributed by atoms with van der Waals surface area (Å²) in [5.74, 6) is 0. The molecule has 0 spiro atoms. The van der Waals surface area contributed by atoms with E-state index >= 15 is 0 Å². The molecule has 1 aliphatic carbocycles. The minimum absolute atomic E-state index is 0.519. The molecule has 1 N–H and O–H groups in total. The lowest BCUT2D eigenvalue weighted by Crippen LogP contribution is -2.36. The van der Waals surface area contributed by atoms with Gasteiger partial charge in [0, 0.05) is 10.9 Å². The fourth-order valence-electron chi connectivity index (χ4n) is 3.48. The number of rotatable bonds is 6. The number of thiophene rings is 1. The summed E-state index contributed by atoms with van der Waals surface area (Å²) < 4.78 is 0. The Morgan fingerprint density at radius 3 is 2.56 bits per heavy atom. The van der Waals surface area contributed by atoms with Gasteiger partial charge in [-0.2, -0.15) is 0 Å². The van der Waals surface area contributed by atoms with Crippen LogP contribution in [0.5, 0.6) is 0 Å². The minimum Gasteiger partial charge on any atom is -0.309 e. The first-order chi connectivity index (χ1) is 8.73. The quantitative estimate of drug-likeness (QED) is 0.757. The molecule has 2 rings (SSSR count). The summed E-state index contributed by atoms with van der Waals surface area (Å²) in [6.07, 6.45) is 8.18. The highest BCUT2D eigenvalue weighted by atomic mass is 32.1. The summed E-state index contributed by atoms with van der Waals surface area (Å²) >= 11 is 1.95. The topological polar surface area (TPSA) is 12.0 Å². The summed E-state index contributed by atoms with van der Waals surface area (Å²) in [5, 5.41) is 6.11. The van der Waals surface area contributed by atoms with Gasteiger partial charge in [-0.05, 0) is 61.6 Å². The third-order valence-corrected chi connectivity index (χ3v) is 5.76. The van der Waals surface area contributed by atoms with E-state index in [1.54, 1.807) is 4.88 Å². The lowest BCUT2D eigenvalue weighted by molar-refractivity contribution is 0.189. The van der Waals surface area contributed by atoms with Crippen LogP contribution in [0.1, 0.15) is 68.9 Å². The van der Waals surface area contributed by atoms with Gasteiger partial charge in [0.05, 0.1) is 0 Å². The van der Waals surface area contributed by atoms with Crippen molar-refractivity contribution in [1.29, 1.82) is 0 Å². The second-order valence-electron chi connectivity index (χ2n) is 5.78. The van der Waals surface area contributed by atoms with Crippen LogP contribution in [-0.2, 0) is 0 Å². The number of hydrogen-bond acceptors (Lipinski definition) is 2. The van der Waals surface area contributed by atoms with Crippen molar-refractivity contribution in [2.45, 2.75) is 65.3 Å². The summed E-state index contributed by atoms with van der Waals surface area (Å²) in [7, 11) is 0. The number of hydrogen-bond donors (Lipinski definition) is 1. The second-order valence-corrected chi connectivity index (χ2v) is 6.73. The van der Waals surface area contributed by atoms with E-state index < -0.39 is 0 Å². The molecule has 0 aliphatic heterocycles. The maximum absolute atomic E-state index is 3.86. The van der Waals surface area contributed by atoms with Crippen LogP contribution in [0, 0.1) is 12.3 Å². The Balaban J connectivity index is 2.26. The first-order valence-electron chi connectivity index (χ1n) is 7.51. The third kappa shape index (κ3) is 2.65. The molecular weight excluding hydrogens is 238 g/mol. The van der Waals surface area contributed by atoms with Gasteiger partial charge >= 0.3 is 0 Å². The van der Waals surface area contributed by atoms with Gasteiger partial charge in [-0.15, -0.1) is 11.3 Å². The monoisotopic (exact) mass is 265 g/mol. The van der Waals surface area contributed by atoms with E-state index in [1.165, 1.54) is 44.1 Å². The SMILES string of the molecule is CCCNC(c1sccc1C)C1(CC)CCCC1. The van der Waals surface area contributed by atoms with Crippen molar-refractivity contribution < 1.29 is 0 Å². The standard InChI is InChI=1S/C16H27NS/c1-4-11-17-15(14-13(3)8-12-18-14)16(5-2)9-6-7-10-16/h8,12,15,17H,4-7,9-11H2,1-3H3. The normalized spacial score (nSPS) is 20.2. The summed E-state index contributed by atoms with van der Waals surface area (Å²) in [4.78, 5) is 1.59. The lowest BCUT2D eigenvalue weighted by atomic mass is 9.75. The maximum atomic E-state index is 3.86. The number of nitrogens with one attached hydrogen (secondary N) is 1. The third-order valence-electron chi connectivity index (χ3n) is 4.68. The molecule has 102 valence electrons. The van der Waals surface area contributed by atoms with Gasteiger partial charge in [0.15, 0.2) is 0 Å². The zero-order valence-electron chi connectivity index (χ0n) is 12.1. The molecule has 1 unspecified atom stereocenters. The van der Waals surface area contributed by atoms with Crippen LogP contribution >= 0.6 is 11.3 Å². The smallest absolute Gasteiger partial charge is 0.0474 e. The van der Waals surface area contributed by atoms with E-state index in [0.717, 1.165) is 6.54 Å². The lowest BCUT2D eigenvalue weighted by Gasteiger charge is -2.37. The van der Waals surface area contributed by atoms with E-state index in [0.29, 0.717) is 11.5 Å². The molecule has 1 aromatic heterocycles. The second kappa shape index (κ2) is 6.21. The molecule has 1 nitrogen and oxygen atoms in total. The molecule has 0 amide bonds. The van der Waals surface area contributed by atoms with Crippen LogP contribution in [0.25, 0.3) is 0 Å². The molecule has 1 heterocycles. The first-order valence-corrected chi connectivity index (χ1v) is 8.39. The van der Waals surface area contributed by atoms with Gasteiger partial charge in [0.25, 0.3) is 0 Å². The molecule has 0 bridgehead atoms. The molecule has 0 radical (unpaired) electrons. The zero-order valence-corrected chi connectivity index (χ0v) is 12.9. The van der Waals surface area contributed by atoms with Gasteiger partial charge in [-0.3, -0.25) is 0 Å². The summed E-state index contributed by atoms with van der Waals surface area (Å²) in [5.41, 5.74) is 2.00. The average molecular weight is 265 g/mol. The van der Waals surface area contributed by atoms with Crippen molar-refractivity contribution in [2.75, 3.05) is 6.54 Å². The number of aryl methyl sites for hydroxylation is 1. The maximum Gasteiger partial charge on any atom is 0.0474 e. The predicted molar refractivity (Wildman–Crippen MR) is 81.3 cm³/mol. The molecular formula is C16H27NS. The van der Waals surface area contributed by atoms with Crippen molar-refractivity contribution >= 4 is 11.3 Å². The van der Waals surface area contributed by atoms with Crippen LogP contribution in [-0.4, -0.2) is 6.54 Å². The van der Waals surface area contributed by atoms with Crippen LogP contribution in [0.15, 0.2) is 11.4 Å². The van der Waals surface area contributed by atoms with E-state index in [9.17, 15) is 0 Å². The summed E-state index contributed by atoms with van der Waals surface area (Å²) in [6.45, 7) is 8.06. The van der Waals surface area contributed by atoms with E-state index in [1.807, 2.05) is 11.3 Å². The van der Waals surface area contributed by atoms with Gasteiger partial charge in [-0.25, -0.2) is 0 Å². The van der Waals surface area contributed by atoms with Crippen LogP contribution in [0.4, 0.5) is 0 Å². The van der Waals surface area contributed by atoms with E-state index in [4.69, 9.17) is 0 Å². The van der Waals surface area contributed by atoms with E-state index in [-0.39, 0.29) is 0 Å². The Labute approximate surface area is 116 Å². The molecule has 0 saturated heterocycles. The molecule has 1 fully saturated rings. The summed E-state index contributed by atoms with van der Waals surface area (Å²) in [6, 6.07) is 2.86. The fourth-order valence-corrected chi connectivity index (χ4v) is 4.62. The molecule has 18 heavy (non-hydrogen) atoms. The van der Waals surface area contributed by atoms with Crippen LogP contribution in [0.2, 0.25) is 0 Å². The van der Waals surface area contributed by atoms with Crippen molar-refractivity contribution in [1.82, 2.24) is 5.32 Å². The minimum atomic E-state index is 0.519. The van der Waals surface area contributed by atoms with Crippen molar-refractivity contribution in [3.05, 3.63) is 21.9 Å². The van der Waals surface area contributed by atoms with E-state index in [2.05, 4.69) is 37.5 Å². The highest BCUT2D eigenvalue weighted by molar-refractivity contribution is 7.10. The Kier molecular flexibility index (Phi) is 4.85. The average Bonchev–Trinajstić information content (AvgIpc) is 3.01. The van der Waals surface area contributed by atoms with Gasteiger partial charge in [0.2, 0.25) is 0 Å². The predicted octanol–water partition coefficient (Wildman–Crippen LogP) is 5.07. The molecule has 1 atom stereocenters. The van der Waals surface area contributed by atoms with Crippen molar-refractivity contribution in [3.8, 4) is 0 Å². The van der Waals surface area contributed by atoms with Gasteiger partial charge in [0.1, 0.15) is 0 Å². The van der Waals surface area contributed by atoms with Crippen molar-refractivity contribution in [2.24, 2.45) is 5.41 Å². The molecule has 0 aromatic carbocycles. The first kappa shape index (κ1) is 14.1. The molecule has 2 heteroatoms. The van der Waals surface area contributed by atoms with Crippen molar-refractivity contribution in [3.63, 3.8) is 0 Å².